The molecule has 0 aliphatic heterocycles. The van der Waals surface area contributed by atoms with Crippen LogP contribution in [0.2, 0.25) is 0 Å². The first-order chi connectivity index (χ1) is 16.3. The van der Waals surface area contributed by atoms with Gasteiger partial charge < -0.3 is 23.5 Å². The van der Waals surface area contributed by atoms with Crippen LogP contribution in [-0.2, 0) is 17.8 Å². The van der Waals surface area contributed by atoms with Gasteiger partial charge in [0.1, 0.15) is 24.2 Å². The van der Waals surface area contributed by atoms with E-state index in [1.165, 1.54) is 11.1 Å². The van der Waals surface area contributed by atoms with E-state index in [4.69, 9.17) is 23.5 Å². The molecule has 6 nitrogen and oxygen atoms in total. The average Bonchev–Trinajstić information content (AvgIpc) is 3.50. The van der Waals surface area contributed by atoms with Gasteiger partial charge in [-0.15, -0.1) is 0 Å². The monoisotopic (exact) mass is 443 g/mol. The molecule has 33 heavy (non-hydrogen) atoms. The molecular weight excluding hydrogens is 418 g/mol. The van der Waals surface area contributed by atoms with Crippen LogP contribution in [0.5, 0.6) is 17.4 Å². The van der Waals surface area contributed by atoms with Crippen LogP contribution in [-0.4, -0.2) is 19.1 Å². The van der Waals surface area contributed by atoms with E-state index in [0.29, 0.717) is 18.2 Å². The van der Waals surface area contributed by atoms with E-state index in [1.807, 2.05) is 54.6 Å². The zero-order chi connectivity index (χ0) is 22.5. The molecule has 1 atom stereocenters. The number of aromatic nitrogens is 1. The minimum Gasteiger partial charge on any atom is -0.489 e. The Balaban J connectivity index is 1.24. The van der Waals surface area contributed by atoms with Crippen molar-refractivity contribution in [3.05, 3.63) is 95.6 Å². The third-order valence-corrected chi connectivity index (χ3v) is 5.64. The Morgan fingerprint density at radius 3 is 2.61 bits per heavy atom. The number of rotatable bonds is 9. The molecule has 0 saturated heterocycles. The number of methoxy groups -OCH3 is 1. The first-order valence-corrected chi connectivity index (χ1v) is 10.9. The Hall–Kier alpha value is -3.77. The molecule has 6 heteroatoms. The zero-order valence-electron chi connectivity index (χ0n) is 18.4. The minimum absolute atomic E-state index is 0.00505. The molecule has 168 valence electrons. The Morgan fingerprint density at radius 1 is 0.939 bits per heavy atom. The van der Waals surface area contributed by atoms with Crippen LogP contribution in [0.25, 0.3) is 11.3 Å². The van der Waals surface area contributed by atoms with Crippen LogP contribution in [0.15, 0.2) is 83.4 Å². The third-order valence-electron chi connectivity index (χ3n) is 5.64. The molecule has 0 N–H and O–H groups in total. The SMILES string of the molecule is COCOc1cc(-c2ccc(OC3CCc4c(OCc5ccccc5)cccc43)cc2)on1. The molecule has 1 heterocycles. The highest BCUT2D eigenvalue weighted by molar-refractivity contribution is 5.59. The van der Waals surface area contributed by atoms with E-state index in [2.05, 4.69) is 23.4 Å². The predicted octanol–water partition coefficient (Wildman–Crippen LogP) is 5.97. The molecule has 1 unspecified atom stereocenters. The lowest BCUT2D eigenvalue weighted by atomic mass is 10.1. The smallest absolute Gasteiger partial charge is 0.256 e. The number of hydrogen-bond donors (Lipinski definition) is 0. The molecule has 0 fully saturated rings. The first-order valence-electron chi connectivity index (χ1n) is 10.9. The number of hydrogen-bond acceptors (Lipinski definition) is 6. The maximum Gasteiger partial charge on any atom is 0.256 e. The molecule has 0 radical (unpaired) electrons. The lowest BCUT2D eigenvalue weighted by Gasteiger charge is -2.16. The number of benzene rings is 3. The van der Waals surface area contributed by atoms with Crippen LogP contribution in [0.3, 0.4) is 0 Å². The van der Waals surface area contributed by atoms with E-state index < -0.39 is 0 Å². The first kappa shape index (κ1) is 21.1. The molecule has 5 rings (SSSR count). The summed E-state index contributed by atoms with van der Waals surface area (Å²) in [6, 6.07) is 26.0. The lowest BCUT2D eigenvalue weighted by molar-refractivity contribution is 0.0453. The standard InChI is InChI=1S/C27H25NO5/c1-29-18-31-27-16-26(33-28-27)20-10-12-21(13-11-20)32-25-15-14-23-22(25)8-5-9-24(23)30-17-19-6-3-2-4-7-19/h2-13,16,25H,14-15,17-18H2,1H3. The fraction of sp³-hybridized carbons (Fsp3) is 0.222. The highest BCUT2D eigenvalue weighted by atomic mass is 16.7. The Kier molecular flexibility index (Phi) is 6.26. The van der Waals surface area contributed by atoms with Crippen molar-refractivity contribution in [1.82, 2.24) is 5.16 Å². The molecule has 1 aromatic heterocycles. The molecule has 3 aromatic carbocycles. The van der Waals surface area contributed by atoms with Gasteiger partial charge in [-0.3, -0.25) is 0 Å². The van der Waals surface area contributed by atoms with Gasteiger partial charge in [-0.2, -0.15) is 0 Å². The highest BCUT2D eigenvalue weighted by Gasteiger charge is 2.27. The maximum absolute atomic E-state index is 6.33. The van der Waals surface area contributed by atoms with Gasteiger partial charge >= 0.3 is 0 Å². The van der Waals surface area contributed by atoms with Crippen molar-refractivity contribution in [2.75, 3.05) is 13.9 Å². The maximum atomic E-state index is 6.33. The second-order valence-corrected chi connectivity index (χ2v) is 7.85. The number of fused-ring (bicyclic) bond motifs is 1. The van der Waals surface area contributed by atoms with Gasteiger partial charge in [0, 0.05) is 24.3 Å². The fourth-order valence-electron chi connectivity index (χ4n) is 4.02. The van der Waals surface area contributed by atoms with Crippen molar-refractivity contribution in [2.45, 2.75) is 25.6 Å². The van der Waals surface area contributed by atoms with Gasteiger partial charge in [-0.25, -0.2) is 0 Å². The highest BCUT2D eigenvalue weighted by Crippen LogP contribution is 2.40. The van der Waals surface area contributed by atoms with Crippen molar-refractivity contribution in [1.29, 1.82) is 0 Å². The van der Waals surface area contributed by atoms with Crippen LogP contribution in [0, 0.1) is 0 Å². The Morgan fingerprint density at radius 2 is 1.79 bits per heavy atom. The van der Waals surface area contributed by atoms with Crippen LogP contribution in [0.4, 0.5) is 0 Å². The number of ether oxygens (including phenoxy) is 4. The van der Waals surface area contributed by atoms with Crippen LogP contribution >= 0.6 is 0 Å². The number of nitrogens with zero attached hydrogens (tertiary/aromatic N) is 1. The topological polar surface area (TPSA) is 63.0 Å². The molecule has 4 aromatic rings. The van der Waals surface area contributed by atoms with E-state index in [9.17, 15) is 0 Å². The molecule has 0 amide bonds. The fourth-order valence-corrected chi connectivity index (χ4v) is 4.02. The van der Waals surface area contributed by atoms with Gasteiger partial charge in [0.25, 0.3) is 5.88 Å². The van der Waals surface area contributed by atoms with Crippen LogP contribution in [0.1, 0.15) is 29.2 Å². The normalized spacial score (nSPS) is 14.6. The average molecular weight is 443 g/mol. The molecular formula is C27H25NO5. The van der Waals surface area contributed by atoms with Gasteiger partial charge in [0.05, 0.1) is 0 Å². The summed E-state index contributed by atoms with van der Waals surface area (Å²) in [7, 11) is 1.56. The minimum atomic E-state index is 0.00505. The van der Waals surface area contributed by atoms with Gasteiger partial charge in [0.2, 0.25) is 0 Å². The Bertz CT molecular complexity index is 1190. The van der Waals surface area contributed by atoms with Gasteiger partial charge in [0.15, 0.2) is 12.6 Å². The summed E-state index contributed by atoms with van der Waals surface area (Å²) in [5.41, 5.74) is 4.48. The molecule has 1 aliphatic carbocycles. The molecule has 1 aliphatic rings. The summed E-state index contributed by atoms with van der Waals surface area (Å²) < 4.78 is 28.0. The summed E-state index contributed by atoms with van der Waals surface area (Å²) in [6.45, 7) is 0.685. The van der Waals surface area contributed by atoms with Crippen molar-refractivity contribution >= 4 is 0 Å². The second kappa shape index (κ2) is 9.79. The largest absolute Gasteiger partial charge is 0.489 e. The van der Waals surface area contributed by atoms with Crippen molar-refractivity contribution < 1.29 is 23.5 Å². The second-order valence-electron chi connectivity index (χ2n) is 7.85. The summed E-state index contributed by atoms with van der Waals surface area (Å²) in [6.07, 6.45) is 1.86. The van der Waals surface area contributed by atoms with Crippen LogP contribution < -0.4 is 14.2 Å². The Labute approximate surface area is 192 Å². The van der Waals surface area contributed by atoms with Gasteiger partial charge in [-0.05, 0) is 59.5 Å². The lowest BCUT2D eigenvalue weighted by Crippen LogP contribution is -2.04. The van der Waals surface area contributed by atoms with Crippen molar-refractivity contribution in [3.8, 4) is 28.7 Å². The van der Waals surface area contributed by atoms with E-state index in [-0.39, 0.29) is 12.9 Å². The van der Waals surface area contributed by atoms with Crippen molar-refractivity contribution in [3.63, 3.8) is 0 Å². The summed E-state index contributed by atoms with van der Waals surface area (Å²) in [5, 5.41) is 3.88. The van der Waals surface area contributed by atoms with E-state index >= 15 is 0 Å². The predicted molar refractivity (Wildman–Crippen MR) is 123 cm³/mol. The molecule has 0 bridgehead atoms. The summed E-state index contributed by atoms with van der Waals surface area (Å²) in [4.78, 5) is 0. The zero-order valence-corrected chi connectivity index (χ0v) is 18.4. The quantitative estimate of drug-likeness (QED) is 0.297. The van der Waals surface area contributed by atoms with Gasteiger partial charge in [-0.1, -0.05) is 42.5 Å². The van der Waals surface area contributed by atoms with Crippen molar-refractivity contribution in [2.24, 2.45) is 0 Å². The molecule has 0 spiro atoms. The summed E-state index contributed by atoms with van der Waals surface area (Å²) >= 11 is 0. The summed E-state index contributed by atoms with van der Waals surface area (Å²) in [5.74, 6) is 2.76. The van der Waals surface area contributed by atoms with E-state index in [1.54, 1.807) is 13.2 Å². The molecule has 0 saturated carbocycles. The third kappa shape index (κ3) is 4.86. The van der Waals surface area contributed by atoms with E-state index in [0.717, 1.165) is 35.5 Å².